The van der Waals surface area contributed by atoms with Gasteiger partial charge in [-0.2, -0.15) is 0 Å². The molecule has 162 valence electrons. The summed E-state index contributed by atoms with van der Waals surface area (Å²) in [5.74, 6) is -1.95. The first kappa shape index (κ1) is 21.3. The van der Waals surface area contributed by atoms with Crippen molar-refractivity contribution in [2.75, 3.05) is 11.5 Å². The summed E-state index contributed by atoms with van der Waals surface area (Å²) in [7, 11) is 0. The first-order valence-electron chi connectivity index (χ1n) is 10.4. The summed E-state index contributed by atoms with van der Waals surface area (Å²) in [4.78, 5) is 27.4. The number of ether oxygens (including phenoxy) is 1. The SMILES string of the molecule is CCCOc1cccc(/C(O)=C2\C(=O)C(=O)N(c3cccc(F)c3)C2c2ccccc2)c1. The molecule has 0 spiro atoms. The van der Waals surface area contributed by atoms with E-state index in [9.17, 15) is 19.1 Å². The number of aliphatic hydroxyl groups is 1. The molecule has 1 heterocycles. The highest BCUT2D eigenvalue weighted by Gasteiger charge is 2.47. The Hall–Kier alpha value is -3.93. The molecule has 0 aromatic heterocycles. The zero-order chi connectivity index (χ0) is 22.7. The number of amides is 1. The highest BCUT2D eigenvalue weighted by molar-refractivity contribution is 6.51. The molecule has 32 heavy (non-hydrogen) atoms. The van der Waals surface area contributed by atoms with Gasteiger partial charge in [0.15, 0.2) is 0 Å². The number of rotatable bonds is 6. The number of aliphatic hydroxyl groups excluding tert-OH is 1. The molecule has 3 aromatic carbocycles. The van der Waals surface area contributed by atoms with Crippen molar-refractivity contribution >= 4 is 23.1 Å². The quantitative estimate of drug-likeness (QED) is 0.329. The molecule has 1 unspecified atom stereocenters. The lowest BCUT2D eigenvalue weighted by molar-refractivity contribution is -0.132. The van der Waals surface area contributed by atoms with Crippen molar-refractivity contribution in [3.63, 3.8) is 0 Å². The number of anilines is 1. The summed E-state index contributed by atoms with van der Waals surface area (Å²) in [6.07, 6.45) is 0.822. The lowest BCUT2D eigenvalue weighted by atomic mass is 9.95. The van der Waals surface area contributed by atoms with Crippen LogP contribution in [0, 0.1) is 5.82 Å². The Labute approximate surface area is 185 Å². The molecule has 0 aliphatic carbocycles. The normalized spacial score (nSPS) is 17.6. The number of benzene rings is 3. The van der Waals surface area contributed by atoms with Crippen LogP contribution in [0.5, 0.6) is 5.75 Å². The Morgan fingerprint density at radius 1 is 1.00 bits per heavy atom. The van der Waals surface area contributed by atoms with Crippen molar-refractivity contribution in [3.05, 3.63) is 101 Å². The van der Waals surface area contributed by atoms with Gasteiger partial charge in [0.25, 0.3) is 11.7 Å². The molecule has 1 amide bonds. The lowest BCUT2D eigenvalue weighted by Gasteiger charge is -2.25. The van der Waals surface area contributed by atoms with Crippen molar-refractivity contribution in [3.8, 4) is 5.75 Å². The molecule has 6 heteroatoms. The molecule has 5 nitrogen and oxygen atoms in total. The fourth-order valence-electron chi connectivity index (χ4n) is 3.78. The van der Waals surface area contributed by atoms with Crippen molar-refractivity contribution in [2.45, 2.75) is 19.4 Å². The number of halogens is 1. The molecule has 0 radical (unpaired) electrons. The standard InChI is InChI=1S/C26H22FNO4/c1-2-14-32-21-13-6-10-18(15-21)24(29)22-23(17-8-4-3-5-9-17)28(26(31)25(22)30)20-12-7-11-19(27)16-20/h3-13,15-16,23,29H,2,14H2,1H3/b24-22+. The third-order valence-corrected chi connectivity index (χ3v) is 5.23. The van der Waals surface area contributed by atoms with Gasteiger partial charge in [-0.3, -0.25) is 14.5 Å². The van der Waals surface area contributed by atoms with Crippen LogP contribution in [0.2, 0.25) is 0 Å². The average molecular weight is 431 g/mol. The molecular weight excluding hydrogens is 409 g/mol. The van der Waals surface area contributed by atoms with Gasteiger partial charge < -0.3 is 9.84 Å². The maximum absolute atomic E-state index is 13.9. The van der Waals surface area contributed by atoms with E-state index in [4.69, 9.17) is 4.74 Å². The van der Waals surface area contributed by atoms with Gasteiger partial charge in [-0.05, 0) is 42.3 Å². The van der Waals surface area contributed by atoms with Crippen LogP contribution in [0.25, 0.3) is 5.76 Å². The number of hydrogen-bond donors (Lipinski definition) is 1. The summed E-state index contributed by atoms with van der Waals surface area (Å²) in [6.45, 7) is 2.50. The summed E-state index contributed by atoms with van der Waals surface area (Å²) in [6, 6.07) is 20.2. The molecule has 1 atom stereocenters. The van der Waals surface area contributed by atoms with E-state index in [2.05, 4.69) is 0 Å². The van der Waals surface area contributed by atoms with E-state index in [0.29, 0.717) is 23.5 Å². The Morgan fingerprint density at radius 3 is 2.47 bits per heavy atom. The van der Waals surface area contributed by atoms with Crippen LogP contribution < -0.4 is 9.64 Å². The smallest absolute Gasteiger partial charge is 0.300 e. The predicted octanol–water partition coefficient (Wildman–Crippen LogP) is 5.24. The summed E-state index contributed by atoms with van der Waals surface area (Å²) < 4.78 is 19.6. The predicted molar refractivity (Wildman–Crippen MR) is 120 cm³/mol. The molecular formula is C26H22FNO4. The molecule has 1 saturated heterocycles. The summed E-state index contributed by atoms with van der Waals surface area (Å²) >= 11 is 0. The second-order valence-electron chi connectivity index (χ2n) is 7.44. The number of Topliss-reactive ketones (excluding diaryl/α,β-unsaturated/α-hetero) is 1. The summed E-state index contributed by atoms with van der Waals surface area (Å²) in [5.41, 5.74) is 1.16. The Balaban J connectivity index is 1.88. The third-order valence-electron chi connectivity index (χ3n) is 5.23. The van der Waals surface area contributed by atoms with Crippen LogP contribution in [-0.4, -0.2) is 23.4 Å². The van der Waals surface area contributed by atoms with Crippen LogP contribution in [0.15, 0.2) is 84.4 Å². The number of carbonyl (C=O) groups excluding carboxylic acids is 2. The first-order valence-corrected chi connectivity index (χ1v) is 10.4. The minimum Gasteiger partial charge on any atom is -0.507 e. The molecule has 3 aromatic rings. The Morgan fingerprint density at radius 2 is 1.75 bits per heavy atom. The van der Waals surface area contributed by atoms with Crippen molar-refractivity contribution in [2.24, 2.45) is 0 Å². The Bertz CT molecular complexity index is 1190. The maximum atomic E-state index is 13.9. The zero-order valence-corrected chi connectivity index (χ0v) is 17.5. The van der Waals surface area contributed by atoms with Gasteiger partial charge in [0.2, 0.25) is 0 Å². The van der Waals surface area contributed by atoms with Gasteiger partial charge in [0, 0.05) is 11.3 Å². The number of carbonyl (C=O) groups is 2. The third kappa shape index (κ3) is 3.99. The fraction of sp³-hybridized carbons (Fsp3) is 0.154. The van der Waals surface area contributed by atoms with E-state index in [1.807, 2.05) is 13.0 Å². The molecule has 4 rings (SSSR count). The van der Waals surface area contributed by atoms with Crippen molar-refractivity contribution < 1.29 is 23.8 Å². The fourth-order valence-corrected chi connectivity index (χ4v) is 3.78. The molecule has 1 aliphatic heterocycles. The van der Waals surface area contributed by atoms with Gasteiger partial charge in [-0.25, -0.2) is 4.39 Å². The molecule has 0 bridgehead atoms. The van der Waals surface area contributed by atoms with Gasteiger partial charge in [0.1, 0.15) is 17.3 Å². The molecule has 0 saturated carbocycles. The number of nitrogens with zero attached hydrogens (tertiary/aromatic N) is 1. The zero-order valence-electron chi connectivity index (χ0n) is 17.5. The topological polar surface area (TPSA) is 66.8 Å². The van der Waals surface area contributed by atoms with E-state index in [-0.39, 0.29) is 17.0 Å². The van der Waals surface area contributed by atoms with E-state index in [0.717, 1.165) is 6.42 Å². The van der Waals surface area contributed by atoms with Crippen LogP contribution in [0.4, 0.5) is 10.1 Å². The lowest BCUT2D eigenvalue weighted by Crippen LogP contribution is -2.29. The van der Waals surface area contributed by atoms with Gasteiger partial charge in [-0.15, -0.1) is 0 Å². The number of hydrogen-bond acceptors (Lipinski definition) is 4. The first-order chi connectivity index (χ1) is 15.5. The minimum atomic E-state index is -0.904. The van der Waals surface area contributed by atoms with E-state index < -0.39 is 23.5 Å². The van der Waals surface area contributed by atoms with Crippen molar-refractivity contribution in [1.82, 2.24) is 0 Å². The Kier molecular flexibility index (Phi) is 6.03. The van der Waals surface area contributed by atoms with E-state index >= 15 is 0 Å². The highest BCUT2D eigenvalue weighted by atomic mass is 19.1. The van der Waals surface area contributed by atoms with Crippen LogP contribution in [0.1, 0.15) is 30.5 Å². The largest absolute Gasteiger partial charge is 0.507 e. The van der Waals surface area contributed by atoms with Gasteiger partial charge in [-0.1, -0.05) is 55.5 Å². The second-order valence-corrected chi connectivity index (χ2v) is 7.44. The maximum Gasteiger partial charge on any atom is 0.300 e. The minimum absolute atomic E-state index is 0.0573. The average Bonchev–Trinajstić information content (AvgIpc) is 3.08. The van der Waals surface area contributed by atoms with Gasteiger partial charge in [0.05, 0.1) is 18.2 Å². The monoisotopic (exact) mass is 431 g/mol. The van der Waals surface area contributed by atoms with Gasteiger partial charge >= 0.3 is 0 Å². The number of ketones is 1. The molecule has 1 N–H and O–H groups in total. The molecule has 1 fully saturated rings. The van der Waals surface area contributed by atoms with Crippen LogP contribution >= 0.6 is 0 Å². The highest BCUT2D eigenvalue weighted by Crippen LogP contribution is 2.42. The summed E-state index contributed by atoms with van der Waals surface area (Å²) in [5, 5.41) is 11.2. The second kappa shape index (κ2) is 9.06. The van der Waals surface area contributed by atoms with Crippen LogP contribution in [0.3, 0.4) is 0 Å². The van der Waals surface area contributed by atoms with E-state index in [1.54, 1.807) is 54.6 Å². The molecule has 1 aliphatic rings. The van der Waals surface area contributed by atoms with Crippen LogP contribution in [-0.2, 0) is 9.59 Å². The van der Waals surface area contributed by atoms with E-state index in [1.165, 1.54) is 23.1 Å². The van der Waals surface area contributed by atoms with Crippen molar-refractivity contribution in [1.29, 1.82) is 0 Å².